The predicted octanol–water partition coefficient (Wildman–Crippen LogP) is 2.58. The van der Waals surface area contributed by atoms with E-state index in [0.717, 1.165) is 18.4 Å². The minimum Gasteiger partial charge on any atom is -0.330 e. The minimum absolute atomic E-state index is 0.255. The van der Waals surface area contributed by atoms with E-state index in [4.69, 9.17) is 17.3 Å². The summed E-state index contributed by atoms with van der Waals surface area (Å²) in [4.78, 5) is 11.5. The SMILES string of the molecule is NCCCCC(=O)Cc1cccc(Cl)c1. The molecule has 1 aromatic carbocycles. The Labute approximate surface area is 95.4 Å². The lowest BCUT2D eigenvalue weighted by Gasteiger charge is -2.01. The van der Waals surface area contributed by atoms with Crippen molar-refractivity contribution in [2.45, 2.75) is 25.7 Å². The summed E-state index contributed by atoms with van der Waals surface area (Å²) in [7, 11) is 0. The highest BCUT2D eigenvalue weighted by Gasteiger charge is 2.03. The molecule has 2 nitrogen and oxygen atoms in total. The fourth-order valence-corrected chi connectivity index (χ4v) is 1.64. The number of Topliss-reactive ketones (excluding diaryl/α,β-unsaturated/α-hetero) is 1. The number of benzene rings is 1. The van der Waals surface area contributed by atoms with Crippen LogP contribution in [-0.2, 0) is 11.2 Å². The maximum atomic E-state index is 11.5. The molecule has 0 saturated carbocycles. The van der Waals surface area contributed by atoms with Crippen LogP contribution in [0, 0.1) is 0 Å². The van der Waals surface area contributed by atoms with Gasteiger partial charge in [0.25, 0.3) is 0 Å². The Morgan fingerprint density at radius 3 is 2.80 bits per heavy atom. The average Bonchev–Trinajstić information content (AvgIpc) is 2.18. The first-order chi connectivity index (χ1) is 7.22. The summed E-state index contributed by atoms with van der Waals surface area (Å²) in [5, 5.41) is 0.683. The average molecular weight is 226 g/mol. The highest BCUT2D eigenvalue weighted by Crippen LogP contribution is 2.12. The van der Waals surface area contributed by atoms with Crippen LogP contribution in [0.3, 0.4) is 0 Å². The first kappa shape index (κ1) is 12.2. The maximum absolute atomic E-state index is 11.5. The molecule has 0 unspecified atom stereocenters. The number of hydrogen-bond acceptors (Lipinski definition) is 2. The summed E-state index contributed by atoms with van der Waals surface area (Å²) in [6.45, 7) is 0.657. The summed E-state index contributed by atoms with van der Waals surface area (Å²) >= 11 is 5.83. The van der Waals surface area contributed by atoms with Crippen molar-refractivity contribution in [2.24, 2.45) is 5.73 Å². The molecule has 0 spiro atoms. The quantitative estimate of drug-likeness (QED) is 0.757. The van der Waals surface area contributed by atoms with E-state index in [0.29, 0.717) is 24.4 Å². The van der Waals surface area contributed by atoms with Gasteiger partial charge in [0.15, 0.2) is 0 Å². The minimum atomic E-state index is 0.255. The fraction of sp³-hybridized carbons (Fsp3) is 0.417. The largest absolute Gasteiger partial charge is 0.330 e. The van der Waals surface area contributed by atoms with Gasteiger partial charge in [-0.3, -0.25) is 4.79 Å². The summed E-state index contributed by atoms with van der Waals surface area (Å²) in [6.07, 6.45) is 2.89. The van der Waals surface area contributed by atoms with E-state index in [1.54, 1.807) is 0 Å². The molecule has 0 bridgehead atoms. The van der Waals surface area contributed by atoms with E-state index in [9.17, 15) is 4.79 Å². The second-order valence-electron chi connectivity index (χ2n) is 3.59. The molecule has 15 heavy (non-hydrogen) atoms. The van der Waals surface area contributed by atoms with E-state index in [1.165, 1.54) is 0 Å². The predicted molar refractivity (Wildman–Crippen MR) is 63.1 cm³/mol. The number of hydrogen-bond donors (Lipinski definition) is 1. The molecule has 0 aliphatic rings. The van der Waals surface area contributed by atoms with E-state index in [-0.39, 0.29) is 5.78 Å². The van der Waals surface area contributed by atoms with Crippen LogP contribution in [0.4, 0.5) is 0 Å². The van der Waals surface area contributed by atoms with Crippen LogP contribution in [0.25, 0.3) is 0 Å². The Bertz CT molecular complexity index is 325. The van der Waals surface area contributed by atoms with Crippen LogP contribution in [0.15, 0.2) is 24.3 Å². The Morgan fingerprint density at radius 1 is 1.33 bits per heavy atom. The van der Waals surface area contributed by atoms with E-state index in [1.807, 2.05) is 24.3 Å². The first-order valence-electron chi connectivity index (χ1n) is 5.18. The molecule has 0 heterocycles. The van der Waals surface area contributed by atoms with Crippen molar-refractivity contribution < 1.29 is 4.79 Å². The number of carbonyl (C=O) groups excluding carboxylic acids is 1. The van der Waals surface area contributed by atoms with Crippen LogP contribution in [0.1, 0.15) is 24.8 Å². The van der Waals surface area contributed by atoms with Crippen LogP contribution < -0.4 is 5.73 Å². The van der Waals surface area contributed by atoms with Gasteiger partial charge in [0, 0.05) is 17.9 Å². The zero-order chi connectivity index (χ0) is 11.1. The Kier molecular flexibility index (Phi) is 5.37. The summed E-state index contributed by atoms with van der Waals surface area (Å²) in [5.41, 5.74) is 6.34. The molecule has 1 aromatic rings. The summed E-state index contributed by atoms with van der Waals surface area (Å²) < 4.78 is 0. The van der Waals surface area contributed by atoms with Gasteiger partial charge >= 0.3 is 0 Å². The van der Waals surface area contributed by atoms with Crippen molar-refractivity contribution in [3.05, 3.63) is 34.9 Å². The molecule has 1 rings (SSSR count). The lowest BCUT2D eigenvalue weighted by atomic mass is 10.1. The summed E-state index contributed by atoms with van der Waals surface area (Å²) in [5.74, 6) is 0.255. The molecule has 0 radical (unpaired) electrons. The topological polar surface area (TPSA) is 43.1 Å². The molecule has 3 heteroatoms. The highest BCUT2D eigenvalue weighted by atomic mass is 35.5. The molecule has 0 aliphatic heterocycles. The van der Waals surface area contributed by atoms with Gasteiger partial charge < -0.3 is 5.73 Å². The molecule has 0 fully saturated rings. The molecule has 0 amide bonds. The number of rotatable bonds is 6. The van der Waals surface area contributed by atoms with Crippen molar-refractivity contribution in [3.8, 4) is 0 Å². The van der Waals surface area contributed by atoms with Crippen molar-refractivity contribution in [1.29, 1.82) is 0 Å². The number of ketones is 1. The van der Waals surface area contributed by atoms with Crippen LogP contribution in [0.2, 0.25) is 5.02 Å². The Hall–Kier alpha value is -0.860. The summed E-state index contributed by atoms with van der Waals surface area (Å²) in [6, 6.07) is 7.43. The van der Waals surface area contributed by atoms with Gasteiger partial charge in [-0.1, -0.05) is 23.7 Å². The van der Waals surface area contributed by atoms with Crippen molar-refractivity contribution in [2.75, 3.05) is 6.54 Å². The van der Waals surface area contributed by atoms with Crippen LogP contribution in [-0.4, -0.2) is 12.3 Å². The van der Waals surface area contributed by atoms with Crippen molar-refractivity contribution in [1.82, 2.24) is 0 Å². The second-order valence-corrected chi connectivity index (χ2v) is 4.03. The Morgan fingerprint density at radius 2 is 2.13 bits per heavy atom. The smallest absolute Gasteiger partial charge is 0.137 e. The molecule has 0 aromatic heterocycles. The standard InChI is InChI=1S/C12H16ClNO/c13-11-5-3-4-10(8-11)9-12(15)6-1-2-7-14/h3-5,8H,1-2,6-7,9,14H2. The van der Waals surface area contributed by atoms with Gasteiger partial charge in [-0.25, -0.2) is 0 Å². The molecule has 82 valence electrons. The monoisotopic (exact) mass is 225 g/mol. The number of unbranched alkanes of at least 4 members (excludes halogenated alkanes) is 1. The van der Waals surface area contributed by atoms with Gasteiger partial charge in [0.2, 0.25) is 0 Å². The lowest BCUT2D eigenvalue weighted by molar-refractivity contribution is -0.118. The normalized spacial score (nSPS) is 10.3. The molecule has 0 aliphatic carbocycles. The van der Waals surface area contributed by atoms with E-state index >= 15 is 0 Å². The first-order valence-corrected chi connectivity index (χ1v) is 5.56. The number of nitrogens with two attached hydrogens (primary N) is 1. The number of halogens is 1. The third-order valence-corrected chi connectivity index (χ3v) is 2.44. The van der Waals surface area contributed by atoms with Gasteiger partial charge in [0.05, 0.1) is 0 Å². The lowest BCUT2D eigenvalue weighted by Crippen LogP contribution is -2.04. The third-order valence-electron chi connectivity index (χ3n) is 2.20. The molecule has 0 saturated heterocycles. The number of carbonyl (C=O) groups is 1. The molecule has 0 atom stereocenters. The zero-order valence-corrected chi connectivity index (χ0v) is 9.46. The van der Waals surface area contributed by atoms with Gasteiger partial charge in [-0.05, 0) is 37.1 Å². The fourth-order valence-electron chi connectivity index (χ4n) is 1.43. The van der Waals surface area contributed by atoms with Gasteiger partial charge in [-0.15, -0.1) is 0 Å². The van der Waals surface area contributed by atoms with Crippen molar-refractivity contribution in [3.63, 3.8) is 0 Å². The maximum Gasteiger partial charge on any atom is 0.137 e. The molecule has 2 N–H and O–H groups in total. The Balaban J connectivity index is 2.37. The third kappa shape index (κ3) is 4.96. The van der Waals surface area contributed by atoms with Crippen LogP contribution >= 0.6 is 11.6 Å². The van der Waals surface area contributed by atoms with E-state index < -0.39 is 0 Å². The van der Waals surface area contributed by atoms with Crippen LogP contribution in [0.5, 0.6) is 0 Å². The van der Waals surface area contributed by atoms with E-state index in [2.05, 4.69) is 0 Å². The van der Waals surface area contributed by atoms with Gasteiger partial charge in [-0.2, -0.15) is 0 Å². The molecular weight excluding hydrogens is 210 g/mol. The zero-order valence-electron chi connectivity index (χ0n) is 8.71. The van der Waals surface area contributed by atoms with Gasteiger partial charge in [0.1, 0.15) is 5.78 Å². The second kappa shape index (κ2) is 6.59. The highest BCUT2D eigenvalue weighted by molar-refractivity contribution is 6.30. The van der Waals surface area contributed by atoms with Crippen molar-refractivity contribution >= 4 is 17.4 Å². The molecular formula is C12H16ClNO.